The van der Waals surface area contributed by atoms with Crippen molar-refractivity contribution in [1.29, 1.82) is 0 Å². The second-order valence-electron chi connectivity index (χ2n) is 5.50. The Labute approximate surface area is 124 Å². The van der Waals surface area contributed by atoms with Crippen LogP contribution in [0.15, 0.2) is 24.3 Å². The molecule has 0 radical (unpaired) electrons. The van der Waals surface area contributed by atoms with Crippen molar-refractivity contribution in [3.8, 4) is 5.75 Å². The van der Waals surface area contributed by atoms with Crippen LogP contribution >= 0.6 is 0 Å². The topological polar surface area (TPSA) is 21.3 Å². The molecular formula is C18H31NO. The first-order valence-electron chi connectivity index (χ1n) is 8.25. The van der Waals surface area contributed by atoms with Gasteiger partial charge in [-0.1, -0.05) is 52.2 Å². The fraction of sp³-hybridized carbons (Fsp3) is 0.667. The molecule has 0 aliphatic rings. The number of hydrogen-bond donors (Lipinski definition) is 1. The molecule has 0 spiro atoms. The Balaban J connectivity index is 2.45. The number of hydrogen-bond acceptors (Lipinski definition) is 2. The molecule has 2 heteroatoms. The zero-order valence-electron chi connectivity index (χ0n) is 13.5. The van der Waals surface area contributed by atoms with E-state index in [4.69, 9.17) is 4.74 Å². The van der Waals surface area contributed by atoms with Gasteiger partial charge in [0.05, 0.1) is 6.61 Å². The lowest BCUT2D eigenvalue weighted by molar-refractivity contribution is 0.317. The van der Waals surface area contributed by atoms with Crippen LogP contribution in [0.5, 0.6) is 5.75 Å². The molecule has 1 unspecified atom stereocenters. The second kappa shape index (κ2) is 10.7. The van der Waals surface area contributed by atoms with Crippen molar-refractivity contribution in [2.45, 2.75) is 71.9 Å². The van der Waals surface area contributed by atoms with E-state index in [9.17, 15) is 0 Å². The highest BCUT2D eigenvalue weighted by Gasteiger charge is 2.06. The Hall–Kier alpha value is -1.02. The Morgan fingerprint density at radius 1 is 1.05 bits per heavy atom. The van der Waals surface area contributed by atoms with Gasteiger partial charge < -0.3 is 10.1 Å². The summed E-state index contributed by atoms with van der Waals surface area (Å²) in [4.78, 5) is 0. The maximum Gasteiger partial charge on any atom is 0.119 e. The average molecular weight is 277 g/mol. The van der Waals surface area contributed by atoms with Crippen molar-refractivity contribution in [1.82, 2.24) is 5.32 Å². The fourth-order valence-electron chi connectivity index (χ4n) is 2.37. The van der Waals surface area contributed by atoms with E-state index >= 15 is 0 Å². The van der Waals surface area contributed by atoms with Crippen molar-refractivity contribution in [3.63, 3.8) is 0 Å². The van der Waals surface area contributed by atoms with E-state index in [0.29, 0.717) is 6.04 Å². The van der Waals surface area contributed by atoms with Crippen molar-refractivity contribution in [2.75, 3.05) is 6.61 Å². The summed E-state index contributed by atoms with van der Waals surface area (Å²) in [5, 5.41) is 3.70. The standard InChI is InChI=1S/C18H31NO/c1-4-7-11-17(9-5-2)19-15-16-10-8-12-18(14-16)20-13-6-3/h8,10,12,14,17,19H,4-7,9,11,13,15H2,1-3H3. The van der Waals surface area contributed by atoms with Gasteiger partial charge in [0.1, 0.15) is 5.75 Å². The molecule has 1 rings (SSSR count). The Morgan fingerprint density at radius 3 is 2.60 bits per heavy atom. The third-order valence-corrected chi connectivity index (χ3v) is 3.51. The molecule has 0 aromatic heterocycles. The first-order chi connectivity index (χ1) is 9.80. The molecule has 2 nitrogen and oxygen atoms in total. The lowest BCUT2D eigenvalue weighted by Crippen LogP contribution is -2.28. The molecule has 1 aromatic rings. The van der Waals surface area contributed by atoms with Gasteiger partial charge in [0.2, 0.25) is 0 Å². The van der Waals surface area contributed by atoms with Crippen molar-refractivity contribution in [3.05, 3.63) is 29.8 Å². The quantitative estimate of drug-likeness (QED) is 0.619. The third-order valence-electron chi connectivity index (χ3n) is 3.51. The van der Waals surface area contributed by atoms with E-state index in [2.05, 4.69) is 44.3 Å². The minimum Gasteiger partial charge on any atom is -0.494 e. The van der Waals surface area contributed by atoms with Gasteiger partial charge in [-0.2, -0.15) is 0 Å². The van der Waals surface area contributed by atoms with E-state index in [1.165, 1.54) is 37.7 Å². The highest BCUT2D eigenvalue weighted by molar-refractivity contribution is 5.28. The molecule has 1 atom stereocenters. The molecule has 0 bridgehead atoms. The molecule has 0 saturated carbocycles. The molecule has 0 saturated heterocycles. The second-order valence-corrected chi connectivity index (χ2v) is 5.50. The van der Waals surface area contributed by atoms with Crippen LogP contribution in [-0.4, -0.2) is 12.6 Å². The van der Waals surface area contributed by atoms with Gasteiger partial charge in [0.15, 0.2) is 0 Å². The minimum absolute atomic E-state index is 0.653. The maximum absolute atomic E-state index is 5.69. The zero-order chi connectivity index (χ0) is 14.6. The molecule has 114 valence electrons. The summed E-state index contributed by atoms with van der Waals surface area (Å²) in [7, 11) is 0. The van der Waals surface area contributed by atoms with Gasteiger partial charge >= 0.3 is 0 Å². The lowest BCUT2D eigenvalue weighted by Gasteiger charge is -2.18. The molecule has 1 N–H and O–H groups in total. The number of unbranched alkanes of at least 4 members (excludes halogenated alkanes) is 1. The summed E-state index contributed by atoms with van der Waals surface area (Å²) in [5.41, 5.74) is 1.32. The monoisotopic (exact) mass is 277 g/mol. The van der Waals surface area contributed by atoms with Crippen LogP contribution in [0, 0.1) is 0 Å². The first kappa shape index (κ1) is 17.0. The van der Waals surface area contributed by atoms with Crippen LogP contribution in [-0.2, 0) is 6.54 Å². The SMILES string of the molecule is CCCCC(CCC)NCc1cccc(OCCC)c1. The minimum atomic E-state index is 0.653. The summed E-state index contributed by atoms with van der Waals surface area (Å²) >= 11 is 0. The summed E-state index contributed by atoms with van der Waals surface area (Å²) in [6, 6.07) is 9.11. The number of ether oxygens (including phenoxy) is 1. The smallest absolute Gasteiger partial charge is 0.119 e. The predicted octanol–water partition coefficient (Wildman–Crippen LogP) is 4.92. The molecule has 1 aromatic carbocycles. The van der Waals surface area contributed by atoms with Crippen LogP contribution in [0.25, 0.3) is 0 Å². The lowest BCUT2D eigenvalue weighted by atomic mass is 10.0. The average Bonchev–Trinajstić information content (AvgIpc) is 2.48. The Morgan fingerprint density at radius 2 is 1.90 bits per heavy atom. The summed E-state index contributed by atoms with van der Waals surface area (Å²) in [5.74, 6) is 0.992. The Bertz CT molecular complexity index is 351. The zero-order valence-corrected chi connectivity index (χ0v) is 13.5. The predicted molar refractivity (Wildman–Crippen MR) is 87.3 cm³/mol. The highest BCUT2D eigenvalue weighted by atomic mass is 16.5. The summed E-state index contributed by atoms with van der Waals surface area (Å²) < 4.78 is 5.69. The van der Waals surface area contributed by atoms with Gasteiger partial charge in [0.25, 0.3) is 0 Å². The van der Waals surface area contributed by atoms with E-state index < -0.39 is 0 Å². The molecule has 0 amide bonds. The van der Waals surface area contributed by atoms with Crippen LogP contribution in [0.3, 0.4) is 0 Å². The Kier molecular flexibility index (Phi) is 9.14. The molecule has 0 heterocycles. The summed E-state index contributed by atoms with van der Waals surface area (Å²) in [6.45, 7) is 8.40. The molecule has 20 heavy (non-hydrogen) atoms. The van der Waals surface area contributed by atoms with E-state index in [1.54, 1.807) is 0 Å². The summed E-state index contributed by atoms with van der Waals surface area (Å²) in [6.07, 6.45) is 7.46. The van der Waals surface area contributed by atoms with Gasteiger partial charge in [-0.25, -0.2) is 0 Å². The fourth-order valence-corrected chi connectivity index (χ4v) is 2.37. The molecule has 0 aliphatic heterocycles. The highest BCUT2D eigenvalue weighted by Crippen LogP contribution is 2.14. The molecular weight excluding hydrogens is 246 g/mol. The van der Waals surface area contributed by atoms with Gasteiger partial charge in [0, 0.05) is 12.6 Å². The van der Waals surface area contributed by atoms with Crippen LogP contribution in [0.2, 0.25) is 0 Å². The van der Waals surface area contributed by atoms with Crippen LogP contribution in [0.4, 0.5) is 0 Å². The third kappa shape index (κ3) is 6.95. The normalized spacial score (nSPS) is 12.3. The molecule has 0 aliphatic carbocycles. The van der Waals surface area contributed by atoms with E-state index in [1.807, 2.05) is 6.07 Å². The largest absolute Gasteiger partial charge is 0.494 e. The van der Waals surface area contributed by atoms with E-state index in [0.717, 1.165) is 25.3 Å². The molecule has 0 fully saturated rings. The van der Waals surface area contributed by atoms with Crippen LogP contribution < -0.4 is 10.1 Å². The van der Waals surface area contributed by atoms with Crippen molar-refractivity contribution >= 4 is 0 Å². The van der Waals surface area contributed by atoms with Gasteiger partial charge in [-0.05, 0) is 37.0 Å². The van der Waals surface area contributed by atoms with Crippen molar-refractivity contribution in [2.24, 2.45) is 0 Å². The van der Waals surface area contributed by atoms with Crippen LogP contribution in [0.1, 0.15) is 64.9 Å². The number of rotatable bonds is 11. The van der Waals surface area contributed by atoms with Gasteiger partial charge in [-0.3, -0.25) is 0 Å². The number of nitrogens with one attached hydrogen (secondary N) is 1. The van der Waals surface area contributed by atoms with E-state index in [-0.39, 0.29) is 0 Å². The van der Waals surface area contributed by atoms with Crippen molar-refractivity contribution < 1.29 is 4.74 Å². The number of benzene rings is 1. The van der Waals surface area contributed by atoms with Gasteiger partial charge in [-0.15, -0.1) is 0 Å². The first-order valence-corrected chi connectivity index (χ1v) is 8.25. The maximum atomic E-state index is 5.69.